The summed E-state index contributed by atoms with van der Waals surface area (Å²) in [6.07, 6.45) is 9.26. The molecule has 1 aliphatic heterocycles. The molecule has 1 aromatic rings. The number of rotatable bonds is 6. The number of halogens is 2. The second kappa shape index (κ2) is 20.5. The first-order valence-electron chi connectivity index (χ1n) is 12.5. The lowest BCUT2D eigenvalue weighted by atomic mass is 9.91. The Bertz CT molecular complexity index is 918. The van der Waals surface area contributed by atoms with E-state index in [9.17, 15) is 9.18 Å². The quantitative estimate of drug-likeness (QED) is 0.287. The summed E-state index contributed by atoms with van der Waals surface area (Å²) in [6.45, 7) is 11.8. The van der Waals surface area contributed by atoms with Gasteiger partial charge in [0.15, 0.2) is 0 Å². The first-order chi connectivity index (χ1) is 17.2. The van der Waals surface area contributed by atoms with Crippen molar-refractivity contribution in [2.75, 3.05) is 26.7 Å². The summed E-state index contributed by atoms with van der Waals surface area (Å²) >= 11 is 5.71. The fourth-order valence-electron chi connectivity index (χ4n) is 3.63. The van der Waals surface area contributed by atoms with Crippen LogP contribution in [0.15, 0.2) is 41.8 Å². The highest BCUT2D eigenvalue weighted by Gasteiger charge is 2.23. The number of nitriles is 2. The maximum Gasteiger partial charge on any atom is 0.293 e. The van der Waals surface area contributed by atoms with E-state index in [-0.39, 0.29) is 18.9 Å². The number of carbonyl (C=O) groups excluding carboxylic acids is 1. The fourth-order valence-corrected chi connectivity index (χ4v) is 3.90. The molecule has 2 unspecified atom stereocenters. The van der Waals surface area contributed by atoms with Crippen molar-refractivity contribution >= 4 is 18.1 Å². The molecule has 5 nitrogen and oxygen atoms in total. The minimum absolute atomic E-state index is 0.0833. The van der Waals surface area contributed by atoms with Crippen LogP contribution < -0.4 is 0 Å². The summed E-state index contributed by atoms with van der Waals surface area (Å²) < 4.78 is 16.8. The molecule has 1 fully saturated rings. The molecule has 198 valence electrons. The average molecular weight is 518 g/mol. The number of aryl methyl sites for hydroxylation is 1. The standard InChI is InChI=1S/C9H19N.C8H6ClN.C8H11F.C4H5NO2/c1-4-8(2)9-5-6-10(3)7-9;1-6-2-3-7(5-10)8(9)4-6;1-2-7-5-3-4-6-8(7)9;5-2-1-3-7-4-6/h8-9H,4-7H2,1-3H3;2-4H,1H3;3,5H,2,4,6H2,1H3;4H,1,3H2. The lowest BCUT2D eigenvalue weighted by Crippen LogP contribution is -2.17. The van der Waals surface area contributed by atoms with Crippen molar-refractivity contribution in [3.8, 4) is 12.1 Å². The van der Waals surface area contributed by atoms with Gasteiger partial charge >= 0.3 is 0 Å². The molecule has 1 heterocycles. The molecule has 7 heteroatoms. The molecule has 2 aliphatic rings. The zero-order chi connectivity index (χ0) is 27.3. The van der Waals surface area contributed by atoms with Gasteiger partial charge in [0.05, 0.1) is 23.1 Å². The van der Waals surface area contributed by atoms with Crippen LogP contribution in [-0.2, 0) is 9.53 Å². The Labute approximate surface area is 222 Å². The molecular formula is C29H41ClFN3O2. The number of allylic oxidation sites excluding steroid dienone is 4. The molecule has 36 heavy (non-hydrogen) atoms. The van der Waals surface area contributed by atoms with Crippen LogP contribution in [0, 0.1) is 41.4 Å². The number of hydrogen-bond donors (Lipinski definition) is 0. The Morgan fingerprint density at radius 2 is 2.06 bits per heavy atom. The third kappa shape index (κ3) is 14.7. The van der Waals surface area contributed by atoms with Gasteiger partial charge in [0.2, 0.25) is 0 Å². The molecule has 0 aromatic heterocycles. The van der Waals surface area contributed by atoms with Gasteiger partial charge in [-0.15, -0.1) is 0 Å². The van der Waals surface area contributed by atoms with Crippen LogP contribution in [0.3, 0.4) is 0 Å². The summed E-state index contributed by atoms with van der Waals surface area (Å²) in [6, 6.07) is 9.17. The number of benzene rings is 1. The molecule has 0 bridgehead atoms. The van der Waals surface area contributed by atoms with Gasteiger partial charge in [0.25, 0.3) is 6.47 Å². The van der Waals surface area contributed by atoms with Crippen LogP contribution >= 0.6 is 11.6 Å². The Balaban J connectivity index is 0.000000458. The third-order valence-corrected chi connectivity index (χ3v) is 6.41. The predicted octanol–water partition coefficient (Wildman–Crippen LogP) is 7.55. The first-order valence-corrected chi connectivity index (χ1v) is 12.9. The molecule has 0 saturated carbocycles. The van der Waals surface area contributed by atoms with Crippen LogP contribution in [0.5, 0.6) is 0 Å². The van der Waals surface area contributed by atoms with Gasteiger partial charge in [0, 0.05) is 13.0 Å². The van der Waals surface area contributed by atoms with Gasteiger partial charge in [-0.3, -0.25) is 4.79 Å². The largest absolute Gasteiger partial charge is 0.467 e. The highest BCUT2D eigenvalue weighted by Crippen LogP contribution is 2.24. The average Bonchev–Trinajstić information content (AvgIpc) is 3.32. The Morgan fingerprint density at radius 3 is 2.50 bits per heavy atom. The Hall–Kier alpha value is -2.67. The minimum atomic E-state index is 0.0833. The molecule has 0 N–H and O–H groups in total. The summed E-state index contributed by atoms with van der Waals surface area (Å²) in [4.78, 5) is 11.8. The molecule has 1 aliphatic carbocycles. The Kier molecular flexibility index (Phi) is 19.0. The summed E-state index contributed by atoms with van der Waals surface area (Å²) in [5, 5.41) is 16.9. The molecule has 1 aromatic carbocycles. The molecule has 0 spiro atoms. The van der Waals surface area contributed by atoms with Crippen LogP contribution in [0.2, 0.25) is 5.02 Å². The van der Waals surface area contributed by atoms with E-state index in [0.717, 1.165) is 35.8 Å². The van der Waals surface area contributed by atoms with Crippen molar-refractivity contribution in [2.24, 2.45) is 11.8 Å². The van der Waals surface area contributed by atoms with E-state index in [1.54, 1.807) is 12.1 Å². The van der Waals surface area contributed by atoms with Crippen molar-refractivity contribution in [3.05, 3.63) is 57.9 Å². The van der Waals surface area contributed by atoms with Gasteiger partial charge in [-0.1, -0.05) is 57.0 Å². The van der Waals surface area contributed by atoms with Crippen molar-refractivity contribution in [1.82, 2.24) is 4.90 Å². The lowest BCUT2D eigenvalue weighted by molar-refractivity contribution is -0.128. The highest BCUT2D eigenvalue weighted by molar-refractivity contribution is 6.31. The summed E-state index contributed by atoms with van der Waals surface area (Å²) in [7, 11) is 2.22. The van der Waals surface area contributed by atoms with Gasteiger partial charge in [-0.25, -0.2) is 4.39 Å². The second-order valence-corrected chi connectivity index (χ2v) is 9.30. The van der Waals surface area contributed by atoms with Crippen LogP contribution in [0.25, 0.3) is 0 Å². The minimum Gasteiger partial charge on any atom is -0.467 e. The van der Waals surface area contributed by atoms with E-state index in [0.29, 0.717) is 23.5 Å². The van der Waals surface area contributed by atoms with E-state index < -0.39 is 0 Å². The van der Waals surface area contributed by atoms with Gasteiger partial charge < -0.3 is 9.64 Å². The zero-order valence-electron chi connectivity index (χ0n) is 22.4. The van der Waals surface area contributed by atoms with E-state index in [4.69, 9.17) is 22.1 Å². The van der Waals surface area contributed by atoms with Crippen molar-refractivity contribution in [3.63, 3.8) is 0 Å². The molecular weight excluding hydrogens is 477 g/mol. The van der Waals surface area contributed by atoms with Gasteiger partial charge in [0.1, 0.15) is 18.5 Å². The number of carbonyl (C=O) groups is 1. The number of ether oxygens (including phenoxy) is 1. The van der Waals surface area contributed by atoms with Crippen molar-refractivity contribution in [2.45, 2.75) is 66.2 Å². The zero-order valence-corrected chi connectivity index (χ0v) is 23.2. The number of nitrogens with zero attached hydrogens (tertiary/aromatic N) is 3. The topological polar surface area (TPSA) is 77.1 Å². The van der Waals surface area contributed by atoms with Crippen LogP contribution in [0.4, 0.5) is 4.39 Å². The molecule has 1 saturated heterocycles. The smallest absolute Gasteiger partial charge is 0.293 e. The first kappa shape index (κ1) is 33.3. The number of hydrogen-bond acceptors (Lipinski definition) is 5. The van der Waals surface area contributed by atoms with Gasteiger partial charge in [-0.2, -0.15) is 10.5 Å². The molecule has 3 rings (SSSR count). The van der Waals surface area contributed by atoms with Crippen LogP contribution in [-0.4, -0.2) is 38.1 Å². The molecule has 2 atom stereocenters. The molecule has 0 radical (unpaired) electrons. The van der Waals surface area contributed by atoms with E-state index in [1.807, 2.05) is 44.2 Å². The summed E-state index contributed by atoms with van der Waals surface area (Å²) in [5.74, 6) is 2.00. The maximum absolute atomic E-state index is 12.7. The summed E-state index contributed by atoms with van der Waals surface area (Å²) in [5.41, 5.74) is 2.48. The second-order valence-electron chi connectivity index (χ2n) is 8.89. The SMILES string of the molecule is CCC(C)C1CCN(C)C1.CCC1=C(F)CCC=C1.Cc1ccc(C#N)c(Cl)c1.N#CCCOC=O. The molecule has 0 amide bonds. The monoisotopic (exact) mass is 517 g/mol. The van der Waals surface area contributed by atoms with E-state index in [1.165, 1.54) is 25.9 Å². The normalized spacial score (nSPS) is 17.1. The van der Waals surface area contributed by atoms with E-state index in [2.05, 4.69) is 30.5 Å². The fraction of sp³-hybridized carbons (Fsp3) is 0.552. The third-order valence-electron chi connectivity index (χ3n) is 6.10. The maximum atomic E-state index is 12.7. The van der Waals surface area contributed by atoms with Crippen molar-refractivity contribution < 1.29 is 13.9 Å². The highest BCUT2D eigenvalue weighted by atomic mass is 35.5. The lowest BCUT2D eigenvalue weighted by Gasteiger charge is -2.16. The van der Waals surface area contributed by atoms with Gasteiger partial charge in [-0.05, 0) is 74.9 Å². The van der Waals surface area contributed by atoms with E-state index >= 15 is 0 Å². The van der Waals surface area contributed by atoms with Crippen LogP contribution in [0.1, 0.15) is 70.4 Å². The Morgan fingerprint density at radius 1 is 1.33 bits per heavy atom. The number of likely N-dealkylation sites (tertiary alicyclic amines) is 1. The van der Waals surface area contributed by atoms with Crippen molar-refractivity contribution in [1.29, 1.82) is 10.5 Å². The predicted molar refractivity (Wildman–Crippen MR) is 145 cm³/mol.